The number of hydrogen-bond donors (Lipinski definition) is 2. The summed E-state index contributed by atoms with van der Waals surface area (Å²) < 4.78 is 0. The molecule has 19 heavy (non-hydrogen) atoms. The van der Waals surface area contributed by atoms with Crippen LogP contribution in [0.25, 0.3) is 0 Å². The standard InChI is InChI=1S/C15H22N2O2/c18-12-14-7-5-13(6-8-14)11-16-15(19)17-9-3-1-2-4-10-17/h5-8,18H,1-4,9-12H2,(H,16,19). The molecule has 4 nitrogen and oxygen atoms in total. The Morgan fingerprint density at radius 2 is 1.63 bits per heavy atom. The number of aliphatic hydroxyl groups is 1. The molecule has 2 N–H and O–H groups in total. The fourth-order valence-electron chi connectivity index (χ4n) is 2.33. The van der Waals surface area contributed by atoms with Crippen LogP contribution in [0.15, 0.2) is 24.3 Å². The van der Waals surface area contributed by atoms with E-state index in [0.717, 1.165) is 37.1 Å². The summed E-state index contributed by atoms with van der Waals surface area (Å²) in [6, 6.07) is 7.68. The number of amides is 2. The molecule has 1 aromatic rings. The summed E-state index contributed by atoms with van der Waals surface area (Å²) in [5.41, 5.74) is 1.95. The van der Waals surface area contributed by atoms with Gasteiger partial charge in [0.1, 0.15) is 0 Å². The number of likely N-dealkylation sites (tertiary alicyclic amines) is 1. The summed E-state index contributed by atoms with van der Waals surface area (Å²) >= 11 is 0. The van der Waals surface area contributed by atoms with Gasteiger partial charge in [0.2, 0.25) is 0 Å². The maximum atomic E-state index is 12.0. The van der Waals surface area contributed by atoms with Crippen LogP contribution in [0.3, 0.4) is 0 Å². The first kappa shape index (κ1) is 13.9. The Morgan fingerprint density at radius 1 is 1.05 bits per heavy atom. The first-order valence-electron chi connectivity index (χ1n) is 7.01. The Hall–Kier alpha value is -1.55. The highest BCUT2D eigenvalue weighted by atomic mass is 16.3. The van der Waals surface area contributed by atoms with Gasteiger partial charge in [0.05, 0.1) is 6.61 Å². The summed E-state index contributed by atoms with van der Waals surface area (Å²) in [5.74, 6) is 0. The van der Waals surface area contributed by atoms with E-state index < -0.39 is 0 Å². The monoisotopic (exact) mass is 262 g/mol. The van der Waals surface area contributed by atoms with E-state index >= 15 is 0 Å². The van der Waals surface area contributed by atoms with Gasteiger partial charge in [0, 0.05) is 19.6 Å². The minimum Gasteiger partial charge on any atom is -0.392 e. The third kappa shape index (κ3) is 4.24. The summed E-state index contributed by atoms with van der Waals surface area (Å²) in [5, 5.41) is 11.9. The van der Waals surface area contributed by atoms with Crippen LogP contribution in [0.1, 0.15) is 36.8 Å². The highest BCUT2D eigenvalue weighted by molar-refractivity contribution is 5.74. The van der Waals surface area contributed by atoms with Crippen LogP contribution in [0.2, 0.25) is 0 Å². The lowest BCUT2D eigenvalue weighted by molar-refractivity contribution is 0.199. The number of nitrogens with zero attached hydrogens (tertiary/aromatic N) is 1. The Kier molecular flexibility index (Phi) is 5.21. The fraction of sp³-hybridized carbons (Fsp3) is 0.533. The van der Waals surface area contributed by atoms with E-state index in [1.165, 1.54) is 12.8 Å². The first-order valence-corrected chi connectivity index (χ1v) is 7.01. The second-order valence-corrected chi connectivity index (χ2v) is 5.03. The van der Waals surface area contributed by atoms with E-state index in [-0.39, 0.29) is 12.6 Å². The molecule has 0 aromatic heterocycles. The predicted molar refractivity (Wildman–Crippen MR) is 74.6 cm³/mol. The maximum Gasteiger partial charge on any atom is 0.317 e. The molecule has 1 aliphatic rings. The van der Waals surface area contributed by atoms with Crippen LogP contribution < -0.4 is 5.32 Å². The molecule has 1 saturated heterocycles. The Morgan fingerprint density at radius 3 is 2.21 bits per heavy atom. The predicted octanol–water partition coefficient (Wildman–Crippen LogP) is 2.26. The van der Waals surface area contributed by atoms with Crippen LogP contribution in [0.4, 0.5) is 4.79 Å². The summed E-state index contributed by atoms with van der Waals surface area (Å²) in [4.78, 5) is 13.9. The van der Waals surface area contributed by atoms with Crippen molar-refractivity contribution in [2.45, 2.75) is 38.8 Å². The molecule has 0 spiro atoms. The van der Waals surface area contributed by atoms with E-state index in [4.69, 9.17) is 5.11 Å². The molecule has 0 aliphatic carbocycles. The minimum atomic E-state index is 0.0353. The molecule has 0 unspecified atom stereocenters. The van der Waals surface area contributed by atoms with Crippen molar-refractivity contribution in [3.8, 4) is 0 Å². The van der Waals surface area contributed by atoms with Crippen molar-refractivity contribution < 1.29 is 9.90 Å². The van der Waals surface area contributed by atoms with Gasteiger partial charge in [0.25, 0.3) is 0 Å². The molecular formula is C15H22N2O2. The third-order valence-electron chi connectivity index (χ3n) is 3.54. The number of urea groups is 1. The van der Waals surface area contributed by atoms with Crippen LogP contribution in [-0.2, 0) is 13.2 Å². The van der Waals surface area contributed by atoms with E-state index in [1.807, 2.05) is 29.2 Å². The van der Waals surface area contributed by atoms with Crippen molar-refractivity contribution in [2.24, 2.45) is 0 Å². The molecule has 2 rings (SSSR count). The van der Waals surface area contributed by atoms with Crippen LogP contribution in [0.5, 0.6) is 0 Å². The quantitative estimate of drug-likeness (QED) is 0.878. The van der Waals surface area contributed by atoms with Gasteiger partial charge < -0.3 is 15.3 Å². The van der Waals surface area contributed by atoms with Gasteiger partial charge in [-0.3, -0.25) is 0 Å². The Labute approximate surface area is 114 Å². The number of benzene rings is 1. The first-order chi connectivity index (χ1) is 9.29. The number of carbonyl (C=O) groups excluding carboxylic acids is 1. The van der Waals surface area contributed by atoms with Gasteiger partial charge >= 0.3 is 6.03 Å². The van der Waals surface area contributed by atoms with Crippen molar-refractivity contribution in [1.29, 1.82) is 0 Å². The van der Waals surface area contributed by atoms with Crippen LogP contribution >= 0.6 is 0 Å². The van der Waals surface area contributed by atoms with Gasteiger partial charge in [-0.15, -0.1) is 0 Å². The zero-order chi connectivity index (χ0) is 13.5. The summed E-state index contributed by atoms with van der Waals surface area (Å²) in [6.07, 6.45) is 4.68. The molecule has 0 saturated carbocycles. The Bertz CT molecular complexity index is 395. The molecule has 2 amide bonds. The number of carbonyl (C=O) groups is 1. The van der Waals surface area contributed by atoms with Crippen molar-refractivity contribution in [3.63, 3.8) is 0 Å². The lowest BCUT2D eigenvalue weighted by Gasteiger charge is -2.20. The van der Waals surface area contributed by atoms with Crippen molar-refractivity contribution in [1.82, 2.24) is 10.2 Å². The number of nitrogens with one attached hydrogen (secondary N) is 1. The second kappa shape index (κ2) is 7.14. The lowest BCUT2D eigenvalue weighted by Crippen LogP contribution is -2.40. The van der Waals surface area contributed by atoms with Gasteiger partial charge in [-0.25, -0.2) is 4.79 Å². The van der Waals surface area contributed by atoms with E-state index in [0.29, 0.717) is 6.54 Å². The smallest absolute Gasteiger partial charge is 0.317 e. The number of hydrogen-bond acceptors (Lipinski definition) is 2. The van der Waals surface area contributed by atoms with Crippen molar-refractivity contribution in [2.75, 3.05) is 13.1 Å². The molecule has 0 bridgehead atoms. The molecule has 1 fully saturated rings. The molecule has 4 heteroatoms. The maximum absolute atomic E-state index is 12.0. The number of rotatable bonds is 3. The lowest BCUT2D eigenvalue weighted by atomic mass is 10.1. The molecule has 1 heterocycles. The molecule has 0 atom stereocenters. The molecule has 1 aromatic carbocycles. The largest absolute Gasteiger partial charge is 0.392 e. The van der Waals surface area contributed by atoms with Crippen LogP contribution in [0, 0.1) is 0 Å². The Balaban J connectivity index is 1.81. The number of aliphatic hydroxyl groups excluding tert-OH is 1. The highest BCUT2D eigenvalue weighted by Gasteiger charge is 2.14. The molecule has 0 radical (unpaired) electrons. The zero-order valence-electron chi connectivity index (χ0n) is 11.3. The second-order valence-electron chi connectivity index (χ2n) is 5.03. The normalized spacial score (nSPS) is 15.9. The topological polar surface area (TPSA) is 52.6 Å². The van der Waals surface area contributed by atoms with Gasteiger partial charge in [-0.05, 0) is 24.0 Å². The van der Waals surface area contributed by atoms with Gasteiger partial charge in [0.15, 0.2) is 0 Å². The van der Waals surface area contributed by atoms with E-state index in [1.54, 1.807) is 0 Å². The third-order valence-corrected chi connectivity index (χ3v) is 3.54. The minimum absolute atomic E-state index is 0.0353. The van der Waals surface area contributed by atoms with Crippen molar-refractivity contribution >= 4 is 6.03 Å². The molecule has 104 valence electrons. The average Bonchev–Trinajstić information content (AvgIpc) is 2.74. The average molecular weight is 262 g/mol. The van der Waals surface area contributed by atoms with E-state index in [2.05, 4.69) is 5.32 Å². The fourth-order valence-corrected chi connectivity index (χ4v) is 2.33. The van der Waals surface area contributed by atoms with E-state index in [9.17, 15) is 4.79 Å². The van der Waals surface area contributed by atoms with Gasteiger partial charge in [-0.1, -0.05) is 37.1 Å². The summed E-state index contributed by atoms with van der Waals surface area (Å²) in [6.45, 7) is 2.34. The zero-order valence-corrected chi connectivity index (χ0v) is 11.3. The van der Waals surface area contributed by atoms with Crippen LogP contribution in [-0.4, -0.2) is 29.1 Å². The van der Waals surface area contributed by atoms with Gasteiger partial charge in [-0.2, -0.15) is 0 Å². The highest BCUT2D eigenvalue weighted by Crippen LogP contribution is 2.10. The summed E-state index contributed by atoms with van der Waals surface area (Å²) in [7, 11) is 0. The molecular weight excluding hydrogens is 240 g/mol. The van der Waals surface area contributed by atoms with Crippen molar-refractivity contribution in [3.05, 3.63) is 35.4 Å². The molecule has 1 aliphatic heterocycles. The SMILES string of the molecule is O=C(NCc1ccc(CO)cc1)N1CCCCCC1.